The number of amides is 2. The average Bonchev–Trinajstić information content (AvgIpc) is 3.00. The number of benzene rings is 1. The zero-order valence-corrected chi connectivity index (χ0v) is 18.6. The Bertz CT molecular complexity index is 904. The summed E-state index contributed by atoms with van der Waals surface area (Å²) in [6, 6.07) is 5.95. The van der Waals surface area contributed by atoms with Gasteiger partial charge >= 0.3 is 5.97 Å². The number of nitrogens with zero attached hydrogens (tertiary/aromatic N) is 2. The number of hydrogen-bond donors (Lipinski definition) is 0. The molecule has 0 aromatic heterocycles. The number of carbonyl (C=O) groups is 3. The highest BCUT2D eigenvalue weighted by Gasteiger charge is 2.47. The van der Waals surface area contributed by atoms with Crippen LogP contribution in [0.5, 0.6) is 5.75 Å². The molecule has 10 heteroatoms. The predicted octanol–water partition coefficient (Wildman–Crippen LogP) is 1.42. The van der Waals surface area contributed by atoms with E-state index in [1.54, 1.807) is 0 Å². The van der Waals surface area contributed by atoms with Crippen LogP contribution < -0.4 is 4.74 Å². The lowest BCUT2D eigenvalue weighted by Crippen LogP contribution is -2.33. The maximum absolute atomic E-state index is 12.4. The van der Waals surface area contributed by atoms with Crippen LogP contribution in [0.4, 0.5) is 0 Å². The summed E-state index contributed by atoms with van der Waals surface area (Å²) in [5, 5.41) is 0. The van der Waals surface area contributed by atoms with Crippen LogP contribution in [0.1, 0.15) is 32.1 Å². The van der Waals surface area contributed by atoms with Crippen molar-refractivity contribution >= 4 is 27.8 Å². The molecule has 1 aromatic rings. The number of hydrogen-bond acceptors (Lipinski definition) is 7. The zero-order chi connectivity index (χ0) is 22.6. The second kappa shape index (κ2) is 9.78. The van der Waals surface area contributed by atoms with Crippen LogP contribution in [0.25, 0.3) is 0 Å². The Balaban J connectivity index is 1.38. The number of imide groups is 1. The monoisotopic (exact) mass is 452 g/mol. The number of ether oxygens (including phenoxy) is 2. The average molecular weight is 453 g/mol. The molecule has 1 saturated carbocycles. The third-order valence-electron chi connectivity index (χ3n) is 5.69. The van der Waals surface area contributed by atoms with Crippen LogP contribution in [0.2, 0.25) is 0 Å². The van der Waals surface area contributed by atoms with Crippen molar-refractivity contribution in [2.75, 3.05) is 33.9 Å². The smallest absolute Gasteiger partial charge is 0.307 e. The van der Waals surface area contributed by atoms with E-state index in [9.17, 15) is 22.8 Å². The topological polar surface area (TPSA) is 110 Å². The van der Waals surface area contributed by atoms with E-state index in [0.717, 1.165) is 30.0 Å². The maximum atomic E-state index is 12.4. The minimum absolute atomic E-state index is 0.00369. The number of esters is 1. The van der Waals surface area contributed by atoms with Gasteiger partial charge in [0.05, 0.1) is 23.2 Å². The summed E-state index contributed by atoms with van der Waals surface area (Å²) in [4.78, 5) is 38.1. The molecule has 2 amide bonds. The molecule has 0 unspecified atom stereocenters. The SMILES string of the molecule is CN(C)S(=O)(=O)c1ccc(OCCOC(=O)CCN2C(=O)[C@H]3CCCC[C@@H]3C2=O)cc1. The highest BCUT2D eigenvalue weighted by atomic mass is 32.2. The standard InChI is InChI=1S/C21H28N2O7S/c1-22(2)31(27,28)16-9-7-15(8-10-16)29-13-14-30-19(24)11-12-23-20(25)17-5-3-4-6-18(17)21(23)26/h7-10,17-18H,3-6,11-14H2,1-2H3/t17-,18-/m0/s1. The van der Waals surface area contributed by atoms with Gasteiger partial charge in [0.25, 0.3) is 0 Å². The highest BCUT2D eigenvalue weighted by Crippen LogP contribution is 2.37. The van der Waals surface area contributed by atoms with Crippen molar-refractivity contribution in [3.05, 3.63) is 24.3 Å². The maximum Gasteiger partial charge on any atom is 0.307 e. The van der Waals surface area contributed by atoms with Crippen LogP contribution >= 0.6 is 0 Å². The molecule has 3 rings (SSSR count). The van der Waals surface area contributed by atoms with Gasteiger partial charge in [0, 0.05) is 20.6 Å². The second-order valence-corrected chi connectivity index (χ2v) is 10.1. The molecule has 0 bridgehead atoms. The van der Waals surface area contributed by atoms with Gasteiger partial charge < -0.3 is 9.47 Å². The van der Waals surface area contributed by atoms with Crippen LogP contribution in [0.15, 0.2) is 29.2 Å². The molecule has 0 N–H and O–H groups in total. The van der Waals surface area contributed by atoms with E-state index in [4.69, 9.17) is 9.47 Å². The zero-order valence-electron chi connectivity index (χ0n) is 17.8. The van der Waals surface area contributed by atoms with E-state index in [-0.39, 0.29) is 54.7 Å². The summed E-state index contributed by atoms with van der Waals surface area (Å²) in [6.07, 6.45) is 3.37. The molecular formula is C21H28N2O7S. The molecule has 2 aliphatic rings. The molecular weight excluding hydrogens is 424 g/mol. The van der Waals surface area contributed by atoms with Crippen molar-refractivity contribution in [3.63, 3.8) is 0 Å². The quantitative estimate of drug-likeness (QED) is 0.317. The predicted molar refractivity (Wildman–Crippen MR) is 111 cm³/mol. The molecule has 1 aliphatic heterocycles. The molecule has 2 fully saturated rings. The van der Waals surface area contributed by atoms with E-state index in [1.165, 1.54) is 43.3 Å². The molecule has 1 saturated heterocycles. The Kier molecular flexibility index (Phi) is 7.32. The van der Waals surface area contributed by atoms with Gasteiger partial charge in [-0.1, -0.05) is 12.8 Å². The van der Waals surface area contributed by atoms with Gasteiger partial charge in [-0.15, -0.1) is 0 Å². The molecule has 1 heterocycles. The van der Waals surface area contributed by atoms with Gasteiger partial charge in [-0.05, 0) is 37.1 Å². The third kappa shape index (κ3) is 5.24. The van der Waals surface area contributed by atoms with Crippen molar-refractivity contribution in [3.8, 4) is 5.75 Å². The van der Waals surface area contributed by atoms with Crippen molar-refractivity contribution in [2.24, 2.45) is 11.8 Å². The van der Waals surface area contributed by atoms with Crippen molar-refractivity contribution in [1.82, 2.24) is 9.21 Å². The van der Waals surface area contributed by atoms with Crippen molar-refractivity contribution < 1.29 is 32.3 Å². The Morgan fingerprint density at radius 2 is 1.61 bits per heavy atom. The van der Waals surface area contributed by atoms with Crippen LogP contribution in [0.3, 0.4) is 0 Å². The molecule has 0 spiro atoms. The van der Waals surface area contributed by atoms with E-state index >= 15 is 0 Å². The first-order chi connectivity index (χ1) is 14.7. The summed E-state index contributed by atoms with van der Waals surface area (Å²) < 4.78 is 35.8. The minimum Gasteiger partial charge on any atom is -0.490 e. The van der Waals surface area contributed by atoms with Gasteiger partial charge in [-0.2, -0.15) is 0 Å². The first kappa shape index (κ1) is 23.2. The number of likely N-dealkylation sites (tertiary alicyclic amines) is 1. The number of rotatable bonds is 9. The van der Waals surface area contributed by atoms with E-state index in [0.29, 0.717) is 5.75 Å². The van der Waals surface area contributed by atoms with E-state index in [2.05, 4.69) is 0 Å². The van der Waals surface area contributed by atoms with Crippen LogP contribution in [0, 0.1) is 11.8 Å². The molecule has 0 radical (unpaired) electrons. The van der Waals surface area contributed by atoms with Crippen LogP contribution in [-0.2, 0) is 29.1 Å². The Morgan fingerprint density at radius 3 is 2.16 bits per heavy atom. The van der Waals surface area contributed by atoms with Crippen LogP contribution in [-0.4, -0.2) is 69.3 Å². The number of carbonyl (C=O) groups excluding carboxylic acids is 3. The lowest BCUT2D eigenvalue weighted by molar-refractivity contribution is -0.146. The van der Waals surface area contributed by atoms with E-state index in [1.807, 2.05) is 0 Å². The van der Waals surface area contributed by atoms with Gasteiger partial charge in [0.2, 0.25) is 21.8 Å². The minimum atomic E-state index is -3.50. The number of sulfonamides is 1. The Hall–Kier alpha value is -2.46. The van der Waals surface area contributed by atoms with E-state index < -0.39 is 16.0 Å². The fourth-order valence-corrected chi connectivity index (χ4v) is 4.86. The Labute approximate surface area is 182 Å². The van der Waals surface area contributed by atoms with Gasteiger partial charge in [-0.25, -0.2) is 12.7 Å². The summed E-state index contributed by atoms with van der Waals surface area (Å²) in [5.41, 5.74) is 0. The summed E-state index contributed by atoms with van der Waals surface area (Å²) in [6.45, 7) is 0.146. The summed E-state index contributed by atoms with van der Waals surface area (Å²) in [7, 11) is -0.592. The fraction of sp³-hybridized carbons (Fsp3) is 0.571. The molecule has 1 aliphatic carbocycles. The molecule has 1 aromatic carbocycles. The first-order valence-corrected chi connectivity index (χ1v) is 11.8. The van der Waals surface area contributed by atoms with Gasteiger partial charge in [-0.3, -0.25) is 19.3 Å². The second-order valence-electron chi connectivity index (χ2n) is 7.90. The van der Waals surface area contributed by atoms with Crippen molar-refractivity contribution in [2.45, 2.75) is 37.0 Å². The molecule has 9 nitrogen and oxygen atoms in total. The fourth-order valence-electron chi connectivity index (χ4n) is 3.96. The lowest BCUT2D eigenvalue weighted by atomic mass is 9.81. The summed E-state index contributed by atoms with van der Waals surface area (Å²) >= 11 is 0. The molecule has 2 atom stereocenters. The van der Waals surface area contributed by atoms with Gasteiger partial charge in [0.1, 0.15) is 19.0 Å². The first-order valence-electron chi connectivity index (χ1n) is 10.4. The Morgan fingerprint density at radius 1 is 1.03 bits per heavy atom. The largest absolute Gasteiger partial charge is 0.490 e. The molecule has 170 valence electrons. The lowest BCUT2D eigenvalue weighted by Gasteiger charge is -2.19. The molecule has 31 heavy (non-hydrogen) atoms. The highest BCUT2D eigenvalue weighted by molar-refractivity contribution is 7.89. The van der Waals surface area contributed by atoms with Crippen molar-refractivity contribution in [1.29, 1.82) is 0 Å². The normalized spacial score (nSPS) is 21.3. The summed E-state index contributed by atoms with van der Waals surface area (Å²) in [5.74, 6) is -0.818. The number of fused-ring (bicyclic) bond motifs is 1. The van der Waals surface area contributed by atoms with Gasteiger partial charge in [0.15, 0.2) is 0 Å². The third-order valence-corrected chi connectivity index (χ3v) is 7.52.